The number of carbonyl (C=O) groups is 2. The standard InChI is InChI=1S/C37H41N3O3.C29H27N3O2.C8H15ClO/c1-2-3-4-5-6-15-34(42)43-31-20-21-32(33(41)24-31)37-39-35(29-18-16-25-11-7-9-13-27(25)22-29)38-36(40-37)30-19-17-26-12-8-10-14-28(26)23-30;33-24-13-14-25(26(34)17-24)29-31-27(22-11-9-18-5-1-3-7-20(18)15-22)30-28(32-29)23-12-10-19-6-2-4-8-21(19)16-23;1-2-3-4-5-6-7-8(9)10/h16-24,41H,2-15H2,1H3;9-17,33-34H,1-8H2;2-7H2,1H3. The van der Waals surface area contributed by atoms with E-state index in [9.17, 15) is 24.9 Å². The molecule has 0 bridgehead atoms. The number of phenolic OH excluding ortho intramolecular Hbond substituents is 3. The molecule has 452 valence electrons. The molecule has 8 aromatic rings. The van der Waals surface area contributed by atoms with Gasteiger partial charge in [-0.25, -0.2) is 29.9 Å². The first-order valence-electron chi connectivity index (χ1n) is 32.2. The molecular formula is C74H83ClN6O6. The van der Waals surface area contributed by atoms with Crippen molar-refractivity contribution in [1.82, 2.24) is 29.9 Å². The summed E-state index contributed by atoms with van der Waals surface area (Å²) in [5.41, 5.74) is 15.9. The fourth-order valence-electron chi connectivity index (χ4n) is 12.4. The first kappa shape index (κ1) is 62.2. The molecular weight excluding hydrogens is 1100 g/mol. The van der Waals surface area contributed by atoms with Crippen LogP contribution in [0.1, 0.15) is 187 Å². The summed E-state index contributed by atoms with van der Waals surface area (Å²) in [7, 11) is 0. The van der Waals surface area contributed by atoms with Crippen LogP contribution >= 0.6 is 11.6 Å². The van der Waals surface area contributed by atoms with E-state index in [0.717, 1.165) is 106 Å². The van der Waals surface area contributed by atoms with Crippen LogP contribution in [0.15, 0.2) is 109 Å². The highest BCUT2D eigenvalue weighted by atomic mass is 35.5. The van der Waals surface area contributed by atoms with Crippen molar-refractivity contribution in [2.45, 2.75) is 194 Å². The van der Waals surface area contributed by atoms with E-state index >= 15 is 0 Å². The highest BCUT2D eigenvalue weighted by Crippen LogP contribution is 2.37. The van der Waals surface area contributed by atoms with Gasteiger partial charge in [0.1, 0.15) is 23.0 Å². The largest absolute Gasteiger partial charge is 0.508 e. The van der Waals surface area contributed by atoms with Crippen molar-refractivity contribution in [2.75, 3.05) is 0 Å². The lowest BCUT2D eigenvalue weighted by atomic mass is 9.90. The van der Waals surface area contributed by atoms with Crippen molar-refractivity contribution in [2.24, 2.45) is 0 Å². The van der Waals surface area contributed by atoms with Crippen LogP contribution in [-0.2, 0) is 61.0 Å². The molecule has 0 spiro atoms. The Labute approximate surface area is 518 Å². The summed E-state index contributed by atoms with van der Waals surface area (Å²) in [4.78, 5) is 51.7. The third kappa shape index (κ3) is 16.8. The molecule has 0 unspecified atom stereocenters. The molecule has 87 heavy (non-hydrogen) atoms. The van der Waals surface area contributed by atoms with E-state index in [1.165, 1.54) is 146 Å². The number of nitrogens with zero attached hydrogens (tertiary/aromatic N) is 6. The first-order chi connectivity index (χ1) is 42.5. The van der Waals surface area contributed by atoms with Gasteiger partial charge < -0.3 is 20.1 Å². The third-order valence-electron chi connectivity index (χ3n) is 17.3. The van der Waals surface area contributed by atoms with Gasteiger partial charge in [0.2, 0.25) is 5.24 Å². The SMILES string of the molecule is CCCCCCCC(=O)Cl.CCCCCCCC(=O)Oc1ccc(-c2nc(-c3ccc4c(c3)CCCC4)nc(-c3ccc4c(c3)CCCC4)n2)c(O)c1.Oc1ccc(-c2nc(-c3ccc4c(c3)CCCC4)nc(-c3ccc4c(c3)CCCC4)n2)c(O)c1. The molecule has 0 saturated heterocycles. The molecule has 4 aliphatic carbocycles. The number of rotatable bonds is 19. The Hall–Kier alpha value is -7.83. The van der Waals surface area contributed by atoms with Crippen LogP contribution in [0.5, 0.6) is 23.0 Å². The third-order valence-corrected chi connectivity index (χ3v) is 17.5. The minimum absolute atomic E-state index is 0.000118. The number of hydrogen-bond donors (Lipinski definition) is 3. The van der Waals surface area contributed by atoms with Gasteiger partial charge in [0.05, 0.1) is 11.1 Å². The normalized spacial score (nSPS) is 14.0. The molecule has 2 aromatic heterocycles. The van der Waals surface area contributed by atoms with Gasteiger partial charge in [0.15, 0.2) is 34.9 Å². The Morgan fingerprint density at radius 2 is 0.713 bits per heavy atom. The van der Waals surface area contributed by atoms with Gasteiger partial charge in [-0.1, -0.05) is 114 Å². The molecule has 2 heterocycles. The second kappa shape index (κ2) is 30.7. The number of aromatic hydroxyl groups is 3. The van der Waals surface area contributed by atoms with Gasteiger partial charge in [-0.15, -0.1) is 0 Å². The molecule has 12 nitrogen and oxygen atoms in total. The van der Waals surface area contributed by atoms with Gasteiger partial charge in [0, 0.05) is 47.2 Å². The summed E-state index contributed by atoms with van der Waals surface area (Å²) in [6, 6.07) is 35.5. The number of halogens is 1. The molecule has 0 aliphatic heterocycles. The number of fused-ring (bicyclic) bond motifs is 4. The lowest BCUT2D eigenvalue weighted by molar-refractivity contribution is -0.134. The van der Waals surface area contributed by atoms with Gasteiger partial charge in [-0.2, -0.15) is 0 Å². The van der Waals surface area contributed by atoms with Crippen LogP contribution in [0.25, 0.3) is 68.3 Å². The minimum Gasteiger partial charge on any atom is -0.508 e. The first-order valence-corrected chi connectivity index (χ1v) is 32.6. The summed E-state index contributed by atoms with van der Waals surface area (Å²) in [5.74, 6) is 3.10. The van der Waals surface area contributed by atoms with Crippen molar-refractivity contribution in [3.8, 4) is 91.3 Å². The number of hydrogen-bond acceptors (Lipinski definition) is 12. The summed E-state index contributed by atoms with van der Waals surface area (Å²) >= 11 is 5.15. The van der Waals surface area contributed by atoms with Crippen molar-refractivity contribution >= 4 is 22.8 Å². The zero-order valence-electron chi connectivity index (χ0n) is 50.8. The summed E-state index contributed by atoms with van der Waals surface area (Å²) < 4.78 is 5.53. The maximum absolute atomic E-state index is 12.4. The maximum Gasteiger partial charge on any atom is 0.311 e. The molecule has 3 N–H and O–H groups in total. The zero-order chi connectivity index (χ0) is 60.5. The molecule has 6 aromatic carbocycles. The number of phenols is 3. The Bertz CT molecular complexity index is 3540. The van der Waals surface area contributed by atoms with Gasteiger partial charge in [0.25, 0.3) is 0 Å². The van der Waals surface area contributed by atoms with E-state index in [1.54, 1.807) is 18.2 Å². The predicted octanol–water partition coefficient (Wildman–Crippen LogP) is 17.8. The van der Waals surface area contributed by atoms with E-state index in [1.807, 2.05) is 0 Å². The van der Waals surface area contributed by atoms with Crippen LogP contribution in [0.2, 0.25) is 0 Å². The quantitative estimate of drug-likeness (QED) is 0.0302. The summed E-state index contributed by atoms with van der Waals surface area (Å²) in [6.07, 6.45) is 30.6. The van der Waals surface area contributed by atoms with Crippen LogP contribution < -0.4 is 4.74 Å². The maximum atomic E-state index is 12.4. The number of ether oxygens (including phenoxy) is 1. The fraction of sp³-hybridized carbons (Fsp3) is 0.405. The number of esters is 1. The molecule has 0 fully saturated rings. The van der Waals surface area contributed by atoms with Crippen molar-refractivity contribution in [3.05, 3.63) is 154 Å². The van der Waals surface area contributed by atoms with E-state index in [2.05, 4.69) is 86.6 Å². The van der Waals surface area contributed by atoms with Crippen LogP contribution in [0.4, 0.5) is 0 Å². The highest BCUT2D eigenvalue weighted by Gasteiger charge is 2.22. The predicted molar refractivity (Wildman–Crippen MR) is 347 cm³/mol. The average Bonchev–Trinajstić information content (AvgIpc) is 2.20. The smallest absolute Gasteiger partial charge is 0.311 e. The lowest BCUT2D eigenvalue weighted by Gasteiger charge is -2.18. The van der Waals surface area contributed by atoms with Crippen LogP contribution in [0, 0.1) is 0 Å². The molecule has 0 radical (unpaired) electrons. The second-order valence-electron chi connectivity index (χ2n) is 23.9. The number of aromatic nitrogens is 6. The fourth-order valence-corrected chi connectivity index (χ4v) is 12.5. The van der Waals surface area contributed by atoms with Crippen LogP contribution in [0.3, 0.4) is 0 Å². The monoisotopic (exact) mass is 1190 g/mol. The average molecular weight is 1190 g/mol. The van der Waals surface area contributed by atoms with E-state index in [0.29, 0.717) is 64.7 Å². The lowest BCUT2D eigenvalue weighted by Crippen LogP contribution is -2.07. The summed E-state index contributed by atoms with van der Waals surface area (Å²) in [6.45, 7) is 4.35. The summed E-state index contributed by atoms with van der Waals surface area (Å²) in [5, 5.41) is 31.2. The second-order valence-corrected chi connectivity index (χ2v) is 24.3. The Kier molecular flexibility index (Phi) is 21.9. The zero-order valence-corrected chi connectivity index (χ0v) is 51.6. The van der Waals surface area contributed by atoms with E-state index in [-0.39, 0.29) is 28.5 Å². The number of carbonyl (C=O) groups excluding carboxylic acids is 2. The number of aryl methyl sites for hydroxylation is 8. The Morgan fingerprint density at radius 1 is 0.379 bits per heavy atom. The van der Waals surface area contributed by atoms with E-state index in [4.69, 9.17) is 46.2 Å². The van der Waals surface area contributed by atoms with E-state index < -0.39 is 0 Å². The topological polar surface area (TPSA) is 181 Å². The molecule has 0 atom stereocenters. The number of unbranched alkanes of at least 4 members (excludes halogenated alkanes) is 8. The van der Waals surface area contributed by atoms with Gasteiger partial charge in [-0.3, -0.25) is 9.59 Å². The van der Waals surface area contributed by atoms with Crippen molar-refractivity contribution in [1.29, 1.82) is 0 Å². The Balaban J connectivity index is 0.000000170. The van der Waals surface area contributed by atoms with Gasteiger partial charge >= 0.3 is 5.97 Å². The molecule has 0 amide bonds. The van der Waals surface area contributed by atoms with Crippen molar-refractivity contribution in [3.63, 3.8) is 0 Å². The molecule has 0 saturated carbocycles. The molecule has 13 heteroatoms. The molecule has 12 rings (SSSR count). The van der Waals surface area contributed by atoms with Crippen molar-refractivity contribution < 1.29 is 29.6 Å². The minimum atomic E-state index is -0.284. The van der Waals surface area contributed by atoms with Crippen LogP contribution in [-0.4, -0.2) is 56.4 Å². The van der Waals surface area contributed by atoms with Gasteiger partial charge in [-0.05, 0) is 220 Å². The molecule has 4 aliphatic rings. The number of benzene rings is 6. The Morgan fingerprint density at radius 3 is 1.07 bits per heavy atom. The highest BCUT2D eigenvalue weighted by molar-refractivity contribution is 6.63.